The first-order valence-electron chi connectivity index (χ1n) is 7.58. The molecule has 1 aliphatic heterocycles. The van der Waals surface area contributed by atoms with Crippen molar-refractivity contribution < 1.29 is 0 Å². The summed E-state index contributed by atoms with van der Waals surface area (Å²) in [5, 5.41) is 5.60. The first-order valence-corrected chi connectivity index (χ1v) is 9.78. The highest BCUT2D eigenvalue weighted by molar-refractivity contribution is 8.06. The van der Waals surface area contributed by atoms with E-state index >= 15 is 0 Å². The number of hydrogen-bond acceptors (Lipinski definition) is 4. The minimum absolute atomic E-state index is 0.443. The Balaban J connectivity index is 1.92. The lowest BCUT2D eigenvalue weighted by molar-refractivity contribution is 0.551. The second kappa shape index (κ2) is 7.03. The molecule has 1 aromatic heterocycles. The molecule has 0 spiro atoms. The van der Waals surface area contributed by atoms with Crippen LogP contribution in [0.15, 0.2) is 30.3 Å². The summed E-state index contributed by atoms with van der Waals surface area (Å²) in [5.74, 6) is 3.80. The highest BCUT2D eigenvalue weighted by Gasteiger charge is 2.25. The van der Waals surface area contributed by atoms with E-state index in [0.29, 0.717) is 11.3 Å². The van der Waals surface area contributed by atoms with Crippen LogP contribution in [0.25, 0.3) is 10.9 Å². The third kappa shape index (κ3) is 3.55. The fourth-order valence-corrected chi connectivity index (χ4v) is 5.69. The molecule has 2 aromatic rings. The Labute approximate surface area is 135 Å². The van der Waals surface area contributed by atoms with Gasteiger partial charge in [-0.25, -0.2) is 0 Å². The minimum atomic E-state index is 0.443. The zero-order valence-corrected chi connectivity index (χ0v) is 14.3. The first-order chi connectivity index (χ1) is 10.3. The van der Waals surface area contributed by atoms with E-state index < -0.39 is 0 Å². The van der Waals surface area contributed by atoms with Crippen LogP contribution in [0.3, 0.4) is 0 Å². The molecule has 21 heavy (non-hydrogen) atoms. The van der Waals surface area contributed by atoms with E-state index in [1.165, 1.54) is 28.2 Å². The number of pyridine rings is 1. The zero-order valence-electron chi connectivity index (χ0n) is 12.6. The Bertz CT molecular complexity index is 609. The van der Waals surface area contributed by atoms with E-state index in [1.807, 2.05) is 6.92 Å². The van der Waals surface area contributed by atoms with Crippen LogP contribution < -0.4 is 5.32 Å². The molecule has 0 radical (unpaired) electrons. The van der Waals surface area contributed by atoms with Gasteiger partial charge in [0.25, 0.3) is 0 Å². The summed E-state index contributed by atoms with van der Waals surface area (Å²) >= 11 is 4.20. The second-order valence-electron chi connectivity index (χ2n) is 5.42. The number of benzene rings is 1. The summed E-state index contributed by atoms with van der Waals surface area (Å²) in [6, 6.07) is 11.5. The standard InChI is InChI=1S/C17H22N2S2/c1-3-18-17(16-11-20-8-9-21-16)14-6-7-15-13(10-14)5-4-12(2)19-15/h4-7,10,16-18H,3,8-9,11H2,1-2H3. The predicted octanol–water partition coefficient (Wildman–Crippen LogP) is 4.04. The molecule has 0 amide bonds. The molecule has 2 nitrogen and oxygen atoms in total. The van der Waals surface area contributed by atoms with Gasteiger partial charge in [-0.3, -0.25) is 4.98 Å². The Morgan fingerprint density at radius 3 is 2.95 bits per heavy atom. The van der Waals surface area contributed by atoms with Gasteiger partial charge in [0, 0.05) is 39.6 Å². The second-order valence-corrected chi connectivity index (χ2v) is 7.92. The summed E-state index contributed by atoms with van der Waals surface area (Å²) in [7, 11) is 0. The number of nitrogens with one attached hydrogen (secondary N) is 1. The summed E-state index contributed by atoms with van der Waals surface area (Å²) in [6.45, 7) is 5.25. The van der Waals surface area contributed by atoms with Gasteiger partial charge < -0.3 is 5.32 Å². The molecule has 1 aliphatic rings. The number of aryl methyl sites for hydroxylation is 1. The molecule has 0 saturated carbocycles. The Morgan fingerprint density at radius 2 is 2.19 bits per heavy atom. The third-order valence-corrected chi connectivity index (χ3v) is 6.71. The van der Waals surface area contributed by atoms with Crippen molar-refractivity contribution >= 4 is 34.4 Å². The summed E-state index contributed by atoms with van der Waals surface area (Å²) in [6.07, 6.45) is 0. The lowest BCUT2D eigenvalue weighted by Gasteiger charge is -2.30. The van der Waals surface area contributed by atoms with Gasteiger partial charge in [0.1, 0.15) is 0 Å². The molecule has 1 fully saturated rings. The molecule has 1 N–H and O–H groups in total. The van der Waals surface area contributed by atoms with Gasteiger partial charge in [-0.1, -0.05) is 19.1 Å². The molecule has 1 aromatic carbocycles. The molecule has 3 rings (SSSR count). The van der Waals surface area contributed by atoms with Crippen LogP contribution in [0.1, 0.15) is 24.2 Å². The van der Waals surface area contributed by atoms with Crippen molar-refractivity contribution in [3.63, 3.8) is 0 Å². The van der Waals surface area contributed by atoms with Gasteiger partial charge in [0.05, 0.1) is 5.52 Å². The molecule has 2 atom stereocenters. The van der Waals surface area contributed by atoms with Crippen molar-refractivity contribution in [3.05, 3.63) is 41.6 Å². The van der Waals surface area contributed by atoms with Gasteiger partial charge >= 0.3 is 0 Å². The SMILES string of the molecule is CCNC(c1ccc2nc(C)ccc2c1)C1CSCCS1. The largest absolute Gasteiger partial charge is 0.309 e. The number of fused-ring (bicyclic) bond motifs is 1. The van der Waals surface area contributed by atoms with Crippen LogP contribution in [0, 0.1) is 6.92 Å². The number of nitrogens with zero attached hydrogens (tertiary/aromatic N) is 1. The van der Waals surface area contributed by atoms with Crippen molar-refractivity contribution in [2.45, 2.75) is 25.1 Å². The molecule has 2 unspecified atom stereocenters. The fourth-order valence-electron chi connectivity index (χ4n) is 2.82. The lowest BCUT2D eigenvalue weighted by atomic mass is 10.0. The van der Waals surface area contributed by atoms with Gasteiger partial charge in [-0.05, 0) is 37.2 Å². The van der Waals surface area contributed by atoms with Gasteiger partial charge in [-0.2, -0.15) is 23.5 Å². The number of hydrogen-bond donors (Lipinski definition) is 1. The average molecular weight is 319 g/mol. The Morgan fingerprint density at radius 1 is 1.29 bits per heavy atom. The molecule has 0 bridgehead atoms. The van der Waals surface area contributed by atoms with Gasteiger partial charge in [0.2, 0.25) is 0 Å². The maximum Gasteiger partial charge on any atom is 0.0705 e. The minimum Gasteiger partial charge on any atom is -0.309 e. The number of rotatable bonds is 4. The number of aromatic nitrogens is 1. The van der Waals surface area contributed by atoms with Crippen LogP contribution in [0.5, 0.6) is 0 Å². The maximum atomic E-state index is 4.60. The van der Waals surface area contributed by atoms with E-state index in [9.17, 15) is 0 Å². The Hall–Kier alpha value is -0.710. The van der Waals surface area contributed by atoms with Crippen molar-refractivity contribution in [3.8, 4) is 0 Å². The van der Waals surface area contributed by atoms with E-state index in [-0.39, 0.29) is 0 Å². The molecular weight excluding hydrogens is 296 g/mol. The molecule has 112 valence electrons. The quantitative estimate of drug-likeness (QED) is 0.919. The summed E-state index contributed by atoms with van der Waals surface area (Å²) in [4.78, 5) is 4.60. The van der Waals surface area contributed by atoms with Crippen molar-refractivity contribution in [2.24, 2.45) is 0 Å². The highest BCUT2D eigenvalue weighted by atomic mass is 32.2. The molecule has 2 heterocycles. The van der Waals surface area contributed by atoms with E-state index in [4.69, 9.17) is 0 Å². The van der Waals surface area contributed by atoms with Crippen molar-refractivity contribution in [1.29, 1.82) is 0 Å². The molecule has 0 aliphatic carbocycles. The zero-order chi connectivity index (χ0) is 14.7. The third-order valence-electron chi connectivity index (χ3n) is 3.85. The van der Waals surface area contributed by atoms with E-state index in [0.717, 1.165) is 17.8 Å². The fraction of sp³-hybridized carbons (Fsp3) is 0.471. The molecule has 4 heteroatoms. The van der Waals surface area contributed by atoms with E-state index in [1.54, 1.807) is 0 Å². The smallest absolute Gasteiger partial charge is 0.0705 e. The average Bonchev–Trinajstić information content (AvgIpc) is 2.53. The topological polar surface area (TPSA) is 24.9 Å². The summed E-state index contributed by atoms with van der Waals surface area (Å²) in [5.41, 5.74) is 3.58. The predicted molar refractivity (Wildman–Crippen MR) is 96.5 cm³/mol. The number of thioether (sulfide) groups is 2. The first kappa shape index (κ1) is 15.2. The van der Waals surface area contributed by atoms with Crippen LogP contribution in [0.4, 0.5) is 0 Å². The van der Waals surface area contributed by atoms with Gasteiger partial charge in [0.15, 0.2) is 0 Å². The normalized spacial score (nSPS) is 20.6. The van der Waals surface area contributed by atoms with Crippen LogP contribution >= 0.6 is 23.5 Å². The highest BCUT2D eigenvalue weighted by Crippen LogP contribution is 2.34. The Kier molecular flexibility index (Phi) is 5.09. The van der Waals surface area contributed by atoms with Crippen LogP contribution in [0.2, 0.25) is 0 Å². The van der Waals surface area contributed by atoms with Crippen molar-refractivity contribution in [1.82, 2.24) is 10.3 Å². The van der Waals surface area contributed by atoms with E-state index in [2.05, 4.69) is 71.1 Å². The van der Waals surface area contributed by atoms with Crippen LogP contribution in [-0.4, -0.2) is 34.0 Å². The van der Waals surface area contributed by atoms with Gasteiger partial charge in [-0.15, -0.1) is 0 Å². The molecule has 1 saturated heterocycles. The monoisotopic (exact) mass is 318 g/mol. The lowest BCUT2D eigenvalue weighted by Crippen LogP contribution is -2.33. The molecular formula is C17H22N2S2. The van der Waals surface area contributed by atoms with Crippen LogP contribution in [-0.2, 0) is 0 Å². The summed E-state index contributed by atoms with van der Waals surface area (Å²) < 4.78 is 0. The van der Waals surface area contributed by atoms with Crippen molar-refractivity contribution in [2.75, 3.05) is 23.8 Å². The maximum absolute atomic E-state index is 4.60.